The average molecular weight is 193 g/mol. The number of rotatable bonds is 2. The molecule has 0 aliphatic rings. The highest BCUT2D eigenvalue weighted by Crippen LogP contribution is 2.22. The second-order valence-electron chi connectivity index (χ2n) is 2.88. The molecule has 4 heteroatoms. The van der Waals surface area contributed by atoms with E-state index in [1.54, 1.807) is 6.07 Å². The van der Waals surface area contributed by atoms with Crippen molar-refractivity contribution in [3.05, 3.63) is 35.8 Å². The van der Waals surface area contributed by atoms with Crippen LogP contribution in [0.2, 0.25) is 0 Å². The zero-order valence-electron chi connectivity index (χ0n) is 7.29. The summed E-state index contributed by atoms with van der Waals surface area (Å²) in [5.74, 6) is -0.983. The summed E-state index contributed by atoms with van der Waals surface area (Å²) in [6, 6.07) is 4.24. The molecule has 1 aromatic carbocycles. The molecule has 3 nitrogen and oxygen atoms in total. The smallest absolute Gasteiger partial charge is 0.180 e. The van der Waals surface area contributed by atoms with Gasteiger partial charge < -0.3 is 10.2 Å². The summed E-state index contributed by atoms with van der Waals surface area (Å²) in [6.45, 7) is -0.207. The van der Waals surface area contributed by atoms with Gasteiger partial charge in [0.2, 0.25) is 0 Å². The predicted molar refractivity (Wildman–Crippen MR) is 49.6 cm³/mol. The summed E-state index contributed by atoms with van der Waals surface area (Å²) >= 11 is 0. The minimum absolute atomic E-state index is 0.0127. The van der Waals surface area contributed by atoms with Gasteiger partial charge in [-0.05, 0) is 18.2 Å². The molecule has 0 unspecified atom stereocenters. The molecule has 1 aromatic heterocycles. The van der Waals surface area contributed by atoms with E-state index in [9.17, 15) is 9.18 Å². The van der Waals surface area contributed by atoms with Crippen molar-refractivity contribution < 1.29 is 13.6 Å². The monoisotopic (exact) mass is 193 g/mol. The largest absolute Gasteiger partial charge is 0.464 e. The number of Topliss-reactive ketones (excluding diaryl/α,β-unsaturated/α-hetero) is 1. The van der Waals surface area contributed by atoms with Crippen molar-refractivity contribution in [2.45, 2.75) is 0 Å². The van der Waals surface area contributed by atoms with E-state index in [-0.39, 0.29) is 12.1 Å². The van der Waals surface area contributed by atoms with E-state index in [0.717, 1.165) is 0 Å². The molecule has 0 fully saturated rings. The van der Waals surface area contributed by atoms with Gasteiger partial charge in [0.25, 0.3) is 0 Å². The zero-order chi connectivity index (χ0) is 10.1. The van der Waals surface area contributed by atoms with Crippen LogP contribution in [0.4, 0.5) is 4.39 Å². The second-order valence-corrected chi connectivity index (χ2v) is 2.88. The van der Waals surface area contributed by atoms with E-state index in [4.69, 9.17) is 10.2 Å². The third kappa shape index (κ3) is 1.20. The fourth-order valence-corrected chi connectivity index (χ4v) is 1.40. The molecule has 0 bridgehead atoms. The predicted octanol–water partition coefficient (Wildman–Crippen LogP) is 1.71. The van der Waals surface area contributed by atoms with Crippen molar-refractivity contribution in [2.75, 3.05) is 6.54 Å². The Hall–Kier alpha value is -1.68. The number of hydrogen-bond donors (Lipinski definition) is 1. The fourth-order valence-electron chi connectivity index (χ4n) is 1.40. The first-order valence-electron chi connectivity index (χ1n) is 4.13. The maximum Gasteiger partial charge on any atom is 0.180 e. The quantitative estimate of drug-likeness (QED) is 0.738. The molecule has 2 rings (SSSR count). The molecule has 0 atom stereocenters. The number of benzene rings is 1. The van der Waals surface area contributed by atoms with Crippen LogP contribution in [0.5, 0.6) is 0 Å². The molecule has 0 aliphatic heterocycles. The van der Waals surface area contributed by atoms with Gasteiger partial charge in [0.05, 0.1) is 18.4 Å². The number of ketones is 1. The zero-order valence-corrected chi connectivity index (χ0v) is 7.29. The van der Waals surface area contributed by atoms with Crippen LogP contribution in [0.1, 0.15) is 10.4 Å². The van der Waals surface area contributed by atoms with Crippen LogP contribution in [-0.2, 0) is 0 Å². The summed E-state index contributed by atoms with van der Waals surface area (Å²) in [4.78, 5) is 11.3. The lowest BCUT2D eigenvalue weighted by molar-refractivity contribution is 0.0999. The number of carbonyl (C=O) groups is 1. The van der Waals surface area contributed by atoms with Crippen LogP contribution in [0.15, 0.2) is 28.9 Å². The van der Waals surface area contributed by atoms with Gasteiger partial charge in [0, 0.05) is 5.39 Å². The molecule has 14 heavy (non-hydrogen) atoms. The first kappa shape index (κ1) is 8.90. The molecule has 2 N–H and O–H groups in total. The Morgan fingerprint density at radius 1 is 1.43 bits per heavy atom. The van der Waals surface area contributed by atoms with Crippen molar-refractivity contribution in [1.29, 1.82) is 0 Å². The van der Waals surface area contributed by atoms with Gasteiger partial charge in [-0.1, -0.05) is 0 Å². The Labute approximate surface area is 79.3 Å². The summed E-state index contributed by atoms with van der Waals surface area (Å²) in [7, 11) is 0. The normalized spacial score (nSPS) is 10.7. The van der Waals surface area contributed by atoms with E-state index >= 15 is 0 Å². The summed E-state index contributed by atoms with van der Waals surface area (Å²) in [5, 5.41) is 0.473. The van der Waals surface area contributed by atoms with Crippen LogP contribution in [0, 0.1) is 5.82 Å². The maximum absolute atomic E-state index is 13.3. The van der Waals surface area contributed by atoms with Crippen molar-refractivity contribution in [3.8, 4) is 0 Å². The highest BCUT2D eigenvalue weighted by Gasteiger charge is 2.15. The van der Waals surface area contributed by atoms with Gasteiger partial charge in [0.15, 0.2) is 5.78 Å². The number of halogens is 1. The van der Waals surface area contributed by atoms with Crippen LogP contribution in [0.25, 0.3) is 11.0 Å². The lowest BCUT2D eigenvalue weighted by Crippen LogP contribution is -2.15. The van der Waals surface area contributed by atoms with Gasteiger partial charge in [-0.25, -0.2) is 4.39 Å². The van der Waals surface area contributed by atoms with E-state index in [1.807, 2.05) is 0 Å². The molecule has 2 aromatic rings. The molecule has 72 valence electrons. The molecular formula is C10H8FNO2. The first-order chi connectivity index (χ1) is 6.74. The van der Waals surface area contributed by atoms with Crippen molar-refractivity contribution >= 4 is 16.8 Å². The Morgan fingerprint density at radius 2 is 2.21 bits per heavy atom. The first-order valence-corrected chi connectivity index (χ1v) is 4.13. The number of nitrogens with two attached hydrogens (primary N) is 1. The molecule has 0 saturated heterocycles. The summed E-state index contributed by atoms with van der Waals surface area (Å²) in [5.41, 5.74) is 5.69. The molecule has 0 aliphatic carbocycles. The van der Waals surface area contributed by atoms with Crippen LogP contribution in [0.3, 0.4) is 0 Å². The lowest BCUT2D eigenvalue weighted by Gasteiger charge is -2.00. The summed E-state index contributed by atoms with van der Waals surface area (Å²) in [6.07, 6.45) is 1.41. The van der Waals surface area contributed by atoms with Crippen LogP contribution >= 0.6 is 0 Å². The van der Waals surface area contributed by atoms with Gasteiger partial charge in [-0.15, -0.1) is 0 Å². The standard InChI is InChI=1S/C10H8FNO2/c11-7-1-2-9-6(3-4-14-9)10(7)8(13)5-12/h1-4H,5,12H2. The third-order valence-electron chi connectivity index (χ3n) is 2.05. The van der Waals surface area contributed by atoms with Crippen molar-refractivity contribution in [1.82, 2.24) is 0 Å². The van der Waals surface area contributed by atoms with Gasteiger partial charge in [-0.2, -0.15) is 0 Å². The number of hydrogen-bond acceptors (Lipinski definition) is 3. The Morgan fingerprint density at radius 3 is 2.93 bits per heavy atom. The summed E-state index contributed by atoms with van der Waals surface area (Å²) < 4.78 is 18.4. The highest BCUT2D eigenvalue weighted by molar-refractivity contribution is 6.08. The third-order valence-corrected chi connectivity index (χ3v) is 2.05. The van der Waals surface area contributed by atoms with E-state index in [2.05, 4.69) is 0 Å². The topological polar surface area (TPSA) is 56.2 Å². The Kier molecular flexibility index (Phi) is 2.05. The van der Waals surface area contributed by atoms with Gasteiger partial charge in [-0.3, -0.25) is 4.79 Å². The van der Waals surface area contributed by atoms with E-state index < -0.39 is 11.6 Å². The Bertz CT molecular complexity index is 490. The minimum atomic E-state index is -0.561. The van der Waals surface area contributed by atoms with Crippen molar-refractivity contribution in [3.63, 3.8) is 0 Å². The SMILES string of the molecule is NCC(=O)c1c(F)ccc2occc12. The molecule has 1 heterocycles. The number of furan rings is 1. The van der Waals surface area contributed by atoms with E-state index in [1.165, 1.54) is 18.4 Å². The minimum Gasteiger partial charge on any atom is -0.464 e. The van der Waals surface area contributed by atoms with Gasteiger partial charge >= 0.3 is 0 Å². The average Bonchev–Trinajstić information content (AvgIpc) is 2.64. The van der Waals surface area contributed by atoms with Crippen LogP contribution in [-0.4, -0.2) is 12.3 Å². The van der Waals surface area contributed by atoms with Crippen molar-refractivity contribution in [2.24, 2.45) is 5.73 Å². The molecule has 0 amide bonds. The lowest BCUT2D eigenvalue weighted by atomic mass is 10.1. The van der Waals surface area contributed by atoms with E-state index in [0.29, 0.717) is 11.0 Å². The molecule has 0 radical (unpaired) electrons. The molecular weight excluding hydrogens is 185 g/mol. The number of fused-ring (bicyclic) bond motifs is 1. The van der Waals surface area contributed by atoms with Gasteiger partial charge in [0.1, 0.15) is 11.4 Å². The Balaban J connectivity index is 2.76. The fraction of sp³-hybridized carbons (Fsp3) is 0.100. The van der Waals surface area contributed by atoms with Crippen LogP contribution < -0.4 is 5.73 Å². The second kappa shape index (κ2) is 3.23. The molecule has 0 saturated carbocycles. The number of carbonyl (C=O) groups excluding carboxylic acids is 1. The highest BCUT2D eigenvalue weighted by atomic mass is 19.1. The maximum atomic E-state index is 13.3. The molecule has 0 spiro atoms.